The number of hydrogen-bond acceptors (Lipinski definition) is 6. The molecule has 2 aromatic carbocycles. The molecule has 8 nitrogen and oxygen atoms in total. The van der Waals surface area contributed by atoms with Crippen molar-refractivity contribution in [1.29, 1.82) is 0 Å². The lowest BCUT2D eigenvalue weighted by Crippen LogP contribution is -2.54. The molecule has 0 aliphatic carbocycles. The predicted octanol–water partition coefficient (Wildman–Crippen LogP) is 2.98. The monoisotopic (exact) mass is 497 g/mol. The molecule has 9 heteroatoms. The number of amides is 3. The summed E-state index contributed by atoms with van der Waals surface area (Å²) in [7, 11) is 3.13. The van der Waals surface area contributed by atoms with Gasteiger partial charge in [0.2, 0.25) is 17.7 Å². The van der Waals surface area contributed by atoms with Crippen LogP contribution in [0, 0.1) is 17.8 Å². The number of carbonyl (C=O) groups is 3. The average molecular weight is 498 g/mol. The van der Waals surface area contributed by atoms with E-state index < -0.39 is 17.4 Å². The maximum Gasteiger partial charge on any atom is 0.250 e. The van der Waals surface area contributed by atoms with E-state index in [2.05, 4.69) is 10.6 Å². The first-order valence-corrected chi connectivity index (χ1v) is 12.1. The Labute approximate surface area is 208 Å². The molecule has 184 valence electrons. The van der Waals surface area contributed by atoms with Crippen molar-refractivity contribution >= 4 is 35.0 Å². The Hall–Kier alpha value is -3.10. The summed E-state index contributed by atoms with van der Waals surface area (Å²) in [6, 6.07) is 10.5. The second kappa shape index (κ2) is 8.53. The standard InChI is InChI=1S/C26H28ClN3O5/c1-13(2)21-19-20(26(29-21)15-6-5-7-16(27)22(15)28-25(26)33)24(32)30(23(19)31)11-10-14-8-9-17(34-3)18(12-14)35-4/h5-9,12-13,19-21,29H,10-11H2,1-4H3,(H,28,33)/t19-,20-,21?,26?/m1/s1. The summed E-state index contributed by atoms with van der Waals surface area (Å²) in [6.07, 6.45) is 0.457. The number of fused-ring (bicyclic) bond motifs is 4. The highest BCUT2D eigenvalue weighted by atomic mass is 35.5. The number of para-hydroxylation sites is 1. The number of ether oxygens (including phenoxy) is 2. The first-order valence-electron chi connectivity index (χ1n) is 11.7. The Morgan fingerprint density at radius 1 is 1.06 bits per heavy atom. The van der Waals surface area contributed by atoms with Crippen LogP contribution in [-0.4, -0.2) is 49.4 Å². The molecule has 0 radical (unpaired) electrons. The number of anilines is 1. The van der Waals surface area contributed by atoms with Gasteiger partial charge in [0.25, 0.3) is 0 Å². The minimum atomic E-state index is -1.33. The number of likely N-dealkylation sites (tertiary alicyclic amines) is 1. The molecule has 3 aliphatic rings. The van der Waals surface area contributed by atoms with Gasteiger partial charge >= 0.3 is 0 Å². The summed E-state index contributed by atoms with van der Waals surface area (Å²) in [5.41, 5.74) is 0.698. The molecule has 2 unspecified atom stereocenters. The third-order valence-corrected chi connectivity index (χ3v) is 7.83. The van der Waals surface area contributed by atoms with Crippen molar-refractivity contribution in [1.82, 2.24) is 10.2 Å². The van der Waals surface area contributed by atoms with Crippen LogP contribution in [0.5, 0.6) is 11.5 Å². The van der Waals surface area contributed by atoms with Gasteiger partial charge in [0, 0.05) is 18.2 Å². The fraction of sp³-hybridized carbons (Fsp3) is 0.423. The van der Waals surface area contributed by atoms with Crippen LogP contribution < -0.4 is 20.1 Å². The quantitative estimate of drug-likeness (QED) is 0.596. The highest BCUT2D eigenvalue weighted by Gasteiger charge is 2.70. The molecule has 2 aromatic rings. The van der Waals surface area contributed by atoms with Gasteiger partial charge in [-0.1, -0.05) is 43.6 Å². The Morgan fingerprint density at radius 2 is 1.80 bits per heavy atom. The number of halogens is 1. The topological polar surface area (TPSA) is 97.0 Å². The lowest BCUT2D eigenvalue weighted by molar-refractivity contribution is -0.142. The molecule has 0 bridgehead atoms. The minimum absolute atomic E-state index is 0.0282. The van der Waals surface area contributed by atoms with Crippen molar-refractivity contribution in [3.63, 3.8) is 0 Å². The molecule has 0 saturated carbocycles. The van der Waals surface area contributed by atoms with Crippen LogP contribution in [0.3, 0.4) is 0 Å². The van der Waals surface area contributed by atoms with Crippen molar-refractivity contribution in [2.24, 2.45) is 17.8 Å². The molecule has 3 heterocycles. The molecule has 3 aliphatic heterocycles. The Balaban J connectivity index is 1.49. The summed E-state index contributed by atoms with van der Waals surface area (Å²) < 4.78 is 10.7. The van der Waals surface area contributed by atoms with E-state index in [0.717, 1.165) is 5.56 Å². The van der Waals surface area contributed by atoms with Gasteiger partial charge in [-0.3, -0.25) is 24.6 Å². The molecule has 35 heavy (non-hydrogen) atoms. The van der Waals surface area contributed by atoms with Gasteiger partial charge < -0.3 is 14.8 Å². The van der Waals surface area contributed by atoms with Gasteiger partial charge in [-0.05, 0) is 36.1 Å². The van der Waals surface area contributed by atoms with E-state index in [4.69, 9.17) is 21.1 Å². The minimum Gasteiger partial charge on any atom is -0.493 e. The smallest absolute Gasteiger partial charge is 0.250 e. The summed E-state index contributed by atoms with van der Waals surface area (Å²) in [5.74, 6) is -1.18. The molecule has 5 rings (SSSR count). The van der Waals surface area contributed by atoms with E-state index in [1.54, 1.807) is 38.5 Å². The lowest BCUT2D eigenvalue weighted by Gasteiger charge is -2.30. The molecule has 2 N–H and O–H groups in total. The predicted molar refractivity (Wildman–Crippen MR) is 130 cm³/mol. The molecule has 3 amide bonds. The first kappa shape index (κ1) is 23.6. The zero-order valence-corrected chi connectivity index (χ0v) is 20.8. The van der Waals surface area contributed by atoms with Crippen LogP contribution in [-0.2, 0) is 26.3 Å². The maximum absolute atomic E-state index is 13.8. The van der Waals surface area contributed by atoms with Crippen molar-refractivity contribution in [2.45, 2.75) is 31.8 Å². The van der Waals surface area contributed by atoms with Gasteiger partial charge in [0.15, 0.2) is 11.5 Å². The van der Waals surface area contributed by atoms with Crippen LogP contribution in [0.1, 0.15) is 25.0 Å². The highest BCUT2D eigenvalue weighted by molar-refractivity contribution is 6.35. The third kappa shape index (κ3) is 3.34. The van der Waals surface area contributed by atoms with E-state index in [1.807, 2.05) is 26.0 Å². The third-order valence-electron chi connectivity index (χ3n) is 7.52. The van der Waals surface area contributed by atoms with E-state index in [1.165, 1.54) is 4.90 Å². The zero-order chi connectivity index (χ0) is 25.1. The van der Waals surface area contributed by atoms with E-state index in [-0.39, 0.29) is 36.2 Å². The summed E-state index contributed by atoms with van der Waals surface area (Å²) in [4.78, 5) is 42.2. The number of methoxy groups -OCH3 is 2. The number of imide groups is 1. The van der Waals surface area contributed by atoms with Gasteiger partial charge in [-0.25, -0.2) is 0 Å². The number of carbonyl (C=O) groups excluding carboxylic acids is 3. The molecular weight excluding hydrogens is 470 g/mol. The largest absolute Gasteiger partial charge is 0.493 e. The SMILES string of the molecule is COc1ccc(CCN2C(=O)[C@H]3C(C(C)C)NC4(C(=O)Nc5c(Cl)cccc54)[C@H]3C2=O)cc1OC. The molecule has 4 atom stereocenters. The highest BCUT2D eigenvalue weighted by Crippen LogP contribution is 2.55. The van der Waals surface area contributed by atoms with Crippen molar-refractivity contribution in [3.8, 4) is 11.5 Å². The van der Waals surface area contributed by atoms with E-state index in [9.17, 15) is 14.4 Å². The summed E-state index contributed by atoms with van der Waals surface area (Å²) in [5, 5.41) is 6.68. The normalized spacial score (nSPS) is 27.0. The van der Waals surface area contributed by atoms with Crippen LogP contribution >= 0.6 is 11.6 Å². The van der Waals surface area contributed by atoms with Crippen molar-refractivity contribution in [2.75, 3.05) is 26.1 Å². The molecule has 1 spiro atoms. The number of rotatable bonds is 6. The lowest BCUT2D eigenvalue weighted by atomic mass is 9.76. The van der Waals surface area contributed by atoms with Crippen molar-refractivity contribution in [3.05, 3.63) is 52.5 Å². The second-order valence-electron chi connectivity index (χ2n) is 9.61. The summed E-state index contributed by atoms with van der Waals surface area (Å²) >= 11 is 6.37. The van der Waals surface area contributed by atoms with E-state index >= 15 is 0 Å². The van der Waals surface area contributed by atoms with Crippen LogP contribution in [0.2, 0.25) is 5.02 Å². The zero-order valence-electron chi connectivity index (χ0n) is 20.1. The van der Waals surface area contributed by atoms with Gasteiger partial charge in [-0.15, -0.1) is 0 Å². The second-order valence-corrected chi connectivity index (χ2v) is 10.0. The number of benzene rings is 2. The van der Waals surface area contributed by atoms with Crippen LogP contribution in [0.4, 0.5) is 5.69 Å². The number of nitrogens with zero attached hydrogens (tertiary/aromatic N) is 1. The first-order chi connectivity index (χ1) is 16.7. The summed E-state index contributed by atoms with van der Waals surface area (Å²) in [6.45, 7) is 4.19. The molecule has 2 fully saturated rings. The fourth-order valence-corrected chi connectivity index (χ4v) is 6.08. The van der Waals surface area contributed by atoms with Gasteiger partial charge in [0.05, 0.1) is 36.8 Å². The number of hydrogen-bond donors (Lipinski definition) is 2. The Bertz CT molecular complexity index is 1230. The van der Waals surface area contributed by atoms with Gasteiger partial charge in [-0.2, -0.15) is 0 Å². The van der Waals surface area contributed by atoms with Crippen LogP contribution in [0.15, 0.2) is 36.4 Å². The fourth-order valence-electron chi connectivity index (χ4n) is 5.86. The Kier molecular flexibility index (Phi) is 5.76. The molecular formula is C26H28ClN3O5. The average Bonchev–Trinajstić information content (AvgIpc) is 3.43. The molecule has 2 saturated heterocycles. The Morgan fingerprint density at radius 3 is 2.49 bits per heavy atom. The van der Waals surface area contributed by atoms with E-state index in [0.29, 0.717) is 34.2 Å². The maximum atomic E-state index is 13.8. The van der Waals surface area contributed by atoms with Gasteiger partial charge in [0.1, 0.15) is 5.54 Å². The molecule has 0 aromatic heterocycles. The van der Waals surface area contributed by atoms with Crippen LogP contribution in [0.25, 0.3) is 0 Å². The number of nitrogens with one attached hydrogen (secondary N) is 2. The van der Waals surface area contributed by atoms with Crippen molar-refractivity contribution < 1.29 is 23.9 Å².